The number of esters is 1. The summed E-state index contributed by atoms with van der Waals surface area (Å²) in [7, 11) is 0. The van der Waals surface area contributed by atoms with Crippen LogP contribution in [0.2, 0.25) is 0 Å². The average molecular weight is 338 g/mol. The van der Waals surface area contributed by atoms with Crippen LogP contribution in [-0.2, 0) is 14.3 Å². The Morgan fingerprint density at radius 3 is 1.76 bits per heavy atom. The normalized spacial score (nSPS) is 16.4. The van der Waals surface area contributed by atoms with Gasteiger partial charge in [-0.2, -0.15) is 0 Å². The fraction of sp³-hybridized carbons (Fsp3) is 0.333. The summed E-state index contributed by atoms with van der Waals surface area (Å²) in [6.07, 6.45) is 3.27. The number of benzene rings is 2. The molecule has 4 nitrogen and oxygen atoms in total. The average Bonchev–Trinajstić information content (AvgIpc) is 2.64. The summed E-state index contributed by atoms with van der Waals surface area (Å²) in [5, 5.41) is 9.68. The van der Waals surface area contributed by atoms with Crippen molar-refractivity contribution in [2.24, 2.45) is 0 Å². The van der Waals surface area contributed by atoms with Gasteiger partial charge in [0.05, 0.1) is 0 Å². The molecule has 1 fully saturated rings. The number of aliphatic carboxylic acids is 1. The van der Waals surface area contributed by atoms with E-state index in [0.717, 1.165) is 30.4 Å². The van der Waals surface area contributed by atoms with Gasteiger partial charge >= 0.3 is 11.9 Å². The Morgan fingerprint density at radius 1 is 0.840 bits per heavy atom. The van der Waals surface area contributed by atoms with Gasteiger partial charge in [0.1, 0.15) is 5.92 Å². The van der Waals surface area contributed by atoms with Crippen molar-refractivity contribution < 1.29 is 19.4 Å². The third-order valence-corrected chi connectivity index (χ3v) is 4.85. The molecular weight excluding hydrogens is 316 g/mol. The van der Waals surface area contributed by atoms with Crippen LogP contribution in [0, 0.1) is 0 Å². The molecule has 0 amide bonds. The van der Waals surface area contributed by atoms with Gasteiger partial charge in [-0.3, -0.25) is 4.79 Å². The number of carboxylic acids is 1. The second-order valence-electron chi connectivity index (χ2n) is 6.54. The minimum Gasteiger partial charge on any atom is -0.478 e. The largest absolute Gasteiger partial charge is 0.478 e. The quantitative estimate of drug-likeness (QED) is 0.832. The van der Waals surface area contributed by atoms with Crippen LogP contribution in [0.5, 0.6) is 0 Å². The molecule has 1 saturated carbocycles. The molecule has 2 aromatic carbocycles. The Hall–Kier alpha value is -2.62. The van der Waals surface area contributed by atoms with Gasteiger partial charge in [0.25, 0.3) is 0 Å². The summed E-state index contributed by atoms with van der Waals surface area (Å²) in [4.78, 5) is 24.9. The maximum Gasteiger partial charge on any atom is 0.348 e. The fourth-order valence-electron chi connectivity index (χ4n) is 3.49. The zero-order valence-corrected chi connectivity index (χ0v) is 14.1. The van der Waals surface area contributed by atoms with Crippen molar-refractivity contribution >= 4 is 11.9 Å². The zero-order valence-electron chi connectivity index (χ0n) is 14.1. The highest BCUT2D eigenvalue weighted by Gasteiger charge is 2.45. The van der Waals surface area contributed by atoms with Gasteiger partial charge in [-0.15, -0.1) is 0 Å². The first kappa shape index (κ1) is 17.2. The molecule has 0 saturated heterocycles. The van der Waals surface area contributed by atoms with Crippen molar-refractivity contribution in [3.05, 3.63) is 71.8 Å². The van der Waals surface area contributed by atoms with E-state index in [2.05, 4.69) is 0 Å². The molecule has 4 heteroatoms. The third-order valence-electron chi connectivity index (χ3n) is 4.85. The van der Waals surface area contributed by atoms with Crippen molar-refractivity contribution in [2.75, 3.05) is 0 Å². The SMILES string of the molecule is O=C(OC1(C(=O)O)CCCCC1)C(c1ccccc1)c1ccccc1. The third kappa shape index (κ3) is 3.73. The predicted octanol–water partition coefficient (Wildman–Crippen LogP) is 4.15. The second-order valence-corrected chi connectivity index (χ2v) is 6.54. The first-order chi connectivity index (χ1) is 12.1. The van der Waals surface area contributed by atoms with E-state index in [-0.39, 0.29) is 0 Å². The van der Waals surface area contributed by atoms with E-state index >= 15 is 0 Å². The van der Waals surface area contributed by atoms with Crippen molar-refractivity contribution in [1.29, 1.82) is 0 Å². The standard InChI is InChI=1S/C21H22O4/c22-19(25-21(20(23)24)14-8-3-9-15-21)18(16-10-4-1-5-11-16)17-12-6-2-7-13-17/h1-2,4-7,10-13,18H,3,8-9,14-15H2,(H,23,24). The zero-order chi connectivity index (χ0) is 17.7. The van der Waals surface area contributed by atoms with Crippen molar-refractivity contribution in [3.63, 3.8) is 0 Å². The molecule has 1 N–H and O–H groups in total. The molecule has 1 aliphatic carbocycles. The van der Waals surface area contributed by atoms with Crippen LogP contribution >= 0.6 is 0 Å². The van der Waals surface area contributed by atoms with Gasteiger partial charge in [0, 0.05) is 0 Å². The maximum absolute atomic E-state index is 13.0. The summed E-state index contributed by atoms with van der Waals surface area (Å²) >= 11 is 0. The molecule has 0 heterocycles. The minimum atomic E-state index is -1.39. The highest BCUT2D eigenvalue weighted by molar-refractivity contribution is 5.87. The number of carbonyl (C=O) groups is 2. The summed E-state index contributed by atoms with van der Waals surface area (Å²) in [5.74, 6) is -2.16. The monoisotopic (exact) mass is 338 g/mol. The second kappa shape index (κ2) is 7.51. The van der Waals surface area contributed by atoms with E-state index in [1.165, 1.54) is 0 Å². The van der Waals surface area contributed by atoms with Crippen LogP contribution in [0.1, 0.15) is 49.1 Å². The van der Waals surface area contributed by atoms with E-state index in [1.54, 1.807) is 0 Å². The number of ether oxygens (including phenoxy) is 1. The molecule has 130 valence electrons. The van der Waals surface area contributed by atoms with Gasteiger partial charge in [-0.1, -0.05) is 67.1 Å². The minimum absolute atomic E-state index is 0.379. The van der Waals surface area contributed by atoms with Gasteiger partial charge in [-0.05, 0) is 36.8 Å². The molecule has 0 aliphatic heterocycles. The van der Waals surface area contributed by atoms with E-state index < -0.39 is 23.5 Å². The molecule has 0 atom stereocenters. The predicted molar refractivity (Wildman–Crippen MR) is 94.3 cm³/mol. The first-order valence-electron chi connectivity index (χ1n) is 8.68. The molecule has 0 bridgehead atoms. The Morgan fingerprint density at radius 2 is 1.32 bits per heavy atom. The van der Waals surface area contributed by atoms with Crippen LogP contribution in [-0.4, -0.2) is 22.6 Å². The van der Waals surface area contributed by atoms with Gasteiger partial charge in [-0.25, -0.2) is 4.79 Å². The van der Waals surface area contributed by atoms with Crippen LogP contribution in [0.3, 0.4) is 0 Å². The summed E-state index contributed by atoms with van der Waals surface area (Å²) in [5.41, 5.74) is 0.210. The van der Waals surface area contributed by atoms with Crippen molar-refractivity contribution in [1.82, 2.24) is 0 Å². The molecule has 25 heavy (non-hydrogen) atoms. The molecule has 0 radical (unpaired) electrons. The maximum atomic E-state index is 13.0. The lowest BCUT2D eigenvalue weighted by Crippen LogP contribution is -2.46. The lowest BCUT2D eigenvalue weighted by molar-refractivity contribution is -0.183. The Kier molecular flexibility index (Phi) is 5.17. The molecular formula is C21H22O4. The molecule has 0 unspecified atom stereocenters. The lowest BCUT2D eigenvalue weighted by atomic mass is 9.84. The first-order valence-corrected chi connectivity index (χ1v) is 8.68. The van der Waals surface area contributed by atoms with Crippen LogP contribution < -0.4 is 0 Å². The Labute approximate surface area is 147 Å². The van der Waals surface area contributed by atoms with E-state index in [0.29, 0.717) is 12.8 Å². The van der Waals surface area contributed by atoms with Gasteiger partial charge in [0.15, 0.2) is 0 Å². The smallest absolute Gasteiger partial charge is 0.348 e. The summed E-state index contributed by atoms with van der Waals surface area (Å²) in [6.45, 7) is 0. The van der Waals surface area contributed by atoms with Crippen LogP contribution in [0.4, 0.5) is 0 Å². The van der Waals surface area contributed by atoms with E-state index in [1.807, 2.05) is 60.7 Å². The van der Waals surface area contributed by atoms with E-state index in [9.17, 15) is 14.7 Å². The molecule has 3 rings (SSSR count). The van der Waals surface area contributed by atoms with Gasteiger partial charge < -0.3 is 9.84 Å². The molecule has 1 aliphatic rings. The summed E-state index contributed by atoms with van der Waals surface area (Å²) in [6, 6.07) is 18.7. The summed E-state index contributed by atoms with van der Waals surface area (Å²) < 4.78 is 5.67. The highest BCUT2D eigenvalue weighted by atomic mass is 16.6. The van der Waals surface area contributed by atoms with Crippen LogP contribution in [0.15, 0.2) is 60.7 Å². The number of rotatable bonds is 5. The Bertz CT molecular complexity index is 679. The van der Waals surface area contributed by atoms with E-state index in [4.69, 9.17) is 4.74 Å². The van der Waals surface area contributed by atoms with Gasteiger partial charge in [0.2, 0.25) is 5.60 Å². The molecule has 2 aromatic rings. The fourth-order valence-corrected chi connectivity index (χ4v) is 3.49. The topological polar surface area (TPSA) is 63.6 Å². The highest BCUT2D eigenvalue weighted by Crippen LogP contribution is 2.35. The number of carboxylic acid groups (broad SMARTS) is 1. The van der Waals surface area contributed by atoms with Crippen molar-refractivity contribution in [3.8, 4) is 0 Å². The number of hydrogen-bond donors (Lipinski definition) is 1. The number of carbonyl (C=O) groups excluding carboxylic acids is 1. The lowest BCUT2D eigenvalue weighted by Gasteiger charge is -2.34. The Balaban J connectivity index is 1.93. The number of hydrogen-bond acceptors (Lipinski definition) is 3. The van der Waals surface area contributed by atoms with Crippen molar-refractivity contribution in [2.45, 2.75) is 43.6 Å². The van der Waals surface area contributed by atoms with Crippen LogP contribution in [0.25, 0.3) is 0 Å². The molecule has 0 aromatic heterocycles. The molecule has 0 spiro atoms.